The van der Waals surface area contributed by atoms with Gasteiger partial charge in [0.05, 0.1) is 6.54 Å². The molecule has 0 saturated carbocycles. The molecule has 1 aromatic rings. The maximum Gasteiger partial charge on any atom is 0.195 e. The summed E-state index contributed by atoms with van der Waals surface area (Å²) < 4.78 is 1.94. The van der Waals surface area contributed by atoms with Gasteiger partial charge >= 0.3 is 0 Å². The Kier molecular flexibility index (Phi) is 3.01. The lowest BCUT2D eigenvalue weighted by Crippen LogP contribution is -2.40. The third-order valence-corrected chi connectivity index (χ3v) is 1.58. The van der Waals surface area contributed by atoms with E-state index in [1.54, 1.807) is 0 Å². The zero-order valence-electron chi connectivity index (χ0n) is 6.40. The highest BCUT2D eigenvalue weighted by Crippen LogP contribution is 1.88. The Balaban J connectivity index is 2.83. The number of aliphatic hydroxyl groups is 1. The zero-order valence-corrected chi connectivity index (χ0v) is 6.40. The summed E-state index contributed by atoms with van der Waals surface area (Å²) in [4.78, 5) is 0. The number of rotatable bonds is 3. The maximum absolute atomic E-state index is 8.68. The largest absolute Gasteiger partial charge is 0.390 e. The van der Waals surface area contributed by atoms with Crippen molar-refractivity contribution in [3.63, 3.8) is 0 Å². The van der Waals surface area contributed by atoms with Crippen molar-refractivity contribution in [1.82, 2.24) is 0 Å². The Bertz CT molecular complexity index is 225. The predicted octanol–water partition coefficient (Wildman–Crippen LogP) is -0.575. The lowest BCUT2D eigenvalue weighted by atomic mass is 10.3. The summed E-state index contributed by atoms with van der Waals surface area (Å²) in [5, 5.41) is 8.68. The first-order valence-corrected chi connectivity index (χ1v) is 3.66. The number of hydrogen-bond donors (Lipinski definition) is 2. The van der Waals surface area contributed by atoms with Gasteiger partial charge in [-0.15, -0.1) is 0 Å². The van der Waals surface area contributed by atoms with Gasteiger partial charge < -0.3 is 10.8 Å². The van der Waals surface area contributed by atoms with Crippen LogP contribution in [0.25, 0.3) is 0 Å². The van der Waals surface area contributed by atoms with E-state index < -0.39 is 0 Å². The fourth-order valence-electron chi connectivity index (χ4n) is 1.02. The molecule has 11 heavy (non-hydrogen) atoms. The van der Waals surface area contributed by atoms with E-state index in [-0.39, 0.29) is 6.61 Å². The number of hydrogen-bond acceptors (Lipinski definition) is 2. The van der Waals surface area contributed by atoms with Crippen LogP contribution in [-0.2, 0) is 13.1 Å². The fourth-order valence-corrected chi connectivity index (χ4v) is 1.02. The van der Waals surface area contributed by atoms with Crippen LogP contribution in [0.2, 0.25) is 0 Å². The molecule has 3 heteroatoms. The summed E-state index contributed by atoms with van der Waals surface area (Å²) in [5.41, 5.74) is 6.52. The molecule has 3 N–H and O–H groups in total. The molecule has 0 radical (unpaired) electrons. The lowest BCUT2D eigenvalue weighted by Gasteiger charge is -1.98. The first-order chi connectivity index (χ1) is 5.38. The van der Waals surface area contributed by atoms with Crippen molar-refractivity contribution in [3.8, 4) is 0 Å². The van der Waals surface area contributed by atoms with Crippen LogP contribution < -0.4 is 10.3 Å². The van der Waals surface area contributed by atoms with Gasteiger partial charge in [0.15, 0.2) is 18.4 Å². The number of nitrogens with zero attached hydrogens (tertiary/aromatic N) is 1. The Hall–Kier alpha value is -0.930. The summed E-state index contributed by atoms with van der Waals surface area (Å²) in [6.45, 7) is 1.29. The molecular formula is C8H13N2O+. The minimum Gasteiger partial charge on any atom is -0.390 e. The number of nitrogens with two attached hydrogens (primary N) is 1. The van der Waals surface area contributed by atoms with Crippen LogP contribution in [0.4, 0.5) is 0 Å². The molecule has 1 aromatic heterocycles. The molecule has 0 fully saturated rings. The second-order valence-corrected chi connectivity index (χ2v) is 2.31. The van der Waals surface area contributed by atoms with Crippen LogP contribution >= 0.6 is 0 Å². The van der Waals surface area contributed by atoms with Crippen molar-refractivity contribution in [3.05, 3.63) is 30.1 Å². The first-order valence-electron chi connectivity index (χ1n) is 3.66. The zero-order chi connectivity index (χ0) is 8.10. The van der Waals surface area contributed by atoms with E-state index in [0.29, 0.717) is 13.1 Å². The van der Waals surface area contributed by atoms with E-state index in [1.165, 1.54) is 0 Å². The molecule has 0 unspecified atom stereocenters. The van der Waals surface area contributed by atoms with Crippen molar-refractivity contribution in [2.45, 2.75) is 13.1 Å². The average molecular weight is 153 g/mol. The molecule has 60 valence electrons. The second kappa shape index (κ2) is 4.05. The van der Waals surface area contributed by atoms with Crippen LogP contribution in [0.1, 0.15) is 5.69 Å². The van der Waals surface area contributed by atoms with E-state index in [9.17, 15) is 0 Å². The summed E-state index contributed by atoms with van der Waals surface area (Å²) in [6.07, 6.45) is 1.92. The molecule has 0 bridgehead atoms. The monoisotopic (exact) mass is 153 g/mol. The van der Waals surface area contributed by atoms with Crippen molar-refractivity contribution >= 4 is 0 Å². The van der Waals surface area contributed by atoms with Gasteiger partial charge in [-0.1, -0.05) is 6.07 Å². The number of aromatic nitrogens is 1. The van der Waals surface area contributed by atoms with Gasteiger partial charge in [-0.3, -0.25) is 0 Å². The van der Waals surface area contributed by atoms with E-state index in [1.807, 2.05) is 29.0 Å². The third kappa shape index (κ3) is 2.00. The molecule has 0 saturated heterocycles. The molecule has 0 amide bonds. The summed E-state index contributed by atoms with van der Waals surface area (Å²) in [7, 11) is 0. The molecule has 0 aliphatic rings. The SMILES string of the molecule is NCc1cccc[n+]1CCO. The first kappa shape index (κ1) is 8.17. The maximum atomic E-state index is 8.68. The molecule has 1 rings (SSSR count). The highest BCUT2D eigenvalue weighted by atomic mass is 16.3. The van der Waals surface area contributed by atoms with Crippen LogP contribution in [0, 0.1) is 0 Å². The van der Waals surface area contributed by atoms with Gasteiger partial charge in [0.1, 0.15) is 6.61 Å². The standard InChI is InChI=1S/C8H13N2O/c9-7-8-3-1-2-4-10(8)5-6-11/h1-4,11H,5-7,9H2/q+1. The Morgan fingerprint density at radius 1 is 1.45 bits per heavy atom. The number of pyridine rings is 1. The lowest BCUT2D eigenvalue weighted by molar-refractivity contribution is -0.705. The highest BCUT2D eigenvalue weighted by Gasteiger charge is 2.04. The molecule has 0 spiro atoms. The predicted molar refractivity (Wildman–Crippen MR) is 41.6 cm³/mol. The topological polar surface area (TPSA) is 50.1 Å². The fraction of sp³-hybridized carbons (Fsp3) is 0.375. The molecule has 0 aromatic carbocycles. The van der Waals surface area contributed by atoms with Gasteiger partial charge in [-0.25, -0.2) is 0 Å². The van der Waals surface area contributed by atoms with Crippen LogP contribution in [0.15, 0.2) is 24.4 Å². The minimum absolute atomic E-state index is 0.154. The van der Waals surface area contributed by atoms with Crippen LogP contribution in [-0.4, -0.2) is 11.7 Å². The number of aliphatic hydroxyl groups excluding tert-OH is 1. The van der Waals surface area contributed by atoms with Gasteiger partial charge in [0, 0.05) is 12.1 Å². The van der Waals surface area contributed by atoms with Crippen molar-refractivity contribution in [2.24, 2.45) is 5.73 Å². The van der Waals surface area contributed by atoms with E-state index in [0.717, 1.165) is 5.69 Å². The van der Waals surface area contributed by atoms with E-state index >= 15 is 0 Å². The molecule has 1 heterocycles. The quantitative estimate of drug-likeness (QED) is 0.571. The smallest absolute Gasteiger partial charge is 0.195 e. The van der Waals surface area contributed by atoms with Crippen molar-refractivity contribution in [2.75, 3.05) is 6.61 Å². The van der Waals surface area contributed by atoms with Crippen LogP contribution in [0.3, 0.4) is 0 Å². The molecule has 0 aliphatic heterocycles. The highest BCUT2D eigenvalue weighted by molar-refractivity contribution is 4.96. The average Bonchev–Trinajstić information content (AvgIpc) is 2.06. The Labute approximate surface area is 66.1 Å². The molecule has 0 aliphatic carbocycles. The molecular weight excluding hydrogens is 140 g/mol. The van der Waals surface area contributed by atoms with Gasteiger partial charge in [0.2, 0.25) is 0 Å². The minimum atomic E-state index is 0.154. The van der Waals surface area contributed by atoms with Gasteiger partial charge in [-0.05, 0) is 0 Å². The second-order valence-electron chi connectivity index (χ2n) is 2.31. The third-order valence-electron chi connectivity index (χ3n) is 1.58. The molecule has 3 nitrogen and oxygen atoms in total. The summed E-state index contributed by atoms with van der Waals surface area (Å²) in [5.74, 6) is 0. The van der Waals surface area contributed by atoms with Gasteiger partial charge in [0.25, 0.3) is 0 Å². The Morgan fingerprint density at radius 3 is 2.91 bits per heavy atom. The van der Waals surface area contributed by atoms with E-state index in [2.05, 4.69) is 0 Å². The Morgan fingerprint density at radius 2 is 2.27 bits per heavy atom. The van der Waals surface area contributed by atoms with Crippen molar-refractivity contribution in [1.29, 1.82) is 0 Å². The summed E-state index contributed by atoms with van der Waals surface area (Å²) >= 11 is 0. The van der Waals surface area contributed by atoms with E-state index in [4.69, 9.17) is 10.8 Å². The van der Waals surface area contributed by atoms with Crippen LogP contribution in [0.5, 0.6) is 0 Å². The normalized spacial score (nSPS) is 10.0. The van der Waals surface area contributed by atoms with Gasteiger partial charge in [-0.2, -0.15) is 4.57 Å². The summed E-state index contributed by atoms with van der Waals surface area (Å²) in [6, 6.07) is 5.82. The van der Waals surface area contributed by atoms with Crippen molar-refractivity contribution < 1.29 is 9.67 Å². The molecule has 0 atom stereocenters.